The van der Waals surface area contributed by atoms with Crippen LogP contribution in [0.5, 0.6) is 0 Å². The summed E-state index contributed by atoms with van der Waals surface area (Å²) in [4.78, 5) is 2.26. The molecule has 1 aliphatic rings. The zero-order valence-electron chi connectivity index (χ0n) is 11.8. The van der Waals surface area contributed by atoms with Crippen LogP contribution in [0.25, 0.3) is 0 Å². The van der Waals surface area contributed by atoms with Gasteiger partial charge in [-0.15, -0.1) is 0 Å². The topological polar surface area (TPSA) is 23.5 Å². The summed E-state index contributed by atoms with van der Waals surface area (Å²) in [5.74, 6) is 0. The van der Waals surface area contributed by atoms with Crippen LogP contribution in [-0.2, 0) is 6.42 Å². The molecule has 0 bridgehead atoms. The van der Waals surface area contributed by atoms with Gasteiger partial charge in [-0.1, -0.05) is 37.6 Å². The van der Waals surface area contributed by atoms with E-state index in [0.29, 0.717) is 12.6 Å². The van der Waals surface area contributed by atoms with Crippen molar-refractivity contribution in [2.45, 2.75) is 38.6 Å². The molecule has 1 aromatic carbocycles. The first-order chi connectivity index (χ1) is 8.63. The van der Waals surface area contributed by atoms with Crippen LogP contribution < -0.4 is 0 Å². The van der Waals surface area contributed by atoms with E-state index in [9.17, 15) is 5.11 Å². The highest BCUT2D eigenvalue weighted by molar-refractivity contribution is 5.27. The molecule has 0 aromatic heterocycles. The molecule has 1 fully saturated rings. The summed E-state index contributed by atoms with van der Waals surface area (Å²) < 4.78 is 0. The molecular formula is C16H25NO. The van der Waals surface area contributed by atoms with Crippen molar-refractivity contribution in [3.8, 4) is 0 Å². The van der Waals surface area contributed by atoms with Crippen molar-refractivity contribution in [3.63, 3.8) is 0 Å². The monoisotopic (exact) mass is 247 g/mol. The van der Waals surface area contributed by atoms with Crippen molar-refractivity contribution in [2.24, 2.45) is 5.41 Å². The van der Waals surface area contributed by atoms with Gasteiger partial charge in [0.15, 0.2) is 0 Å². The van der Waals surface area contributed by atoms with E-state index in [2.05, 4.69) is 50.2 Å². The molecule has 1 aromatic rings. The molecule has 100 valence electrons. The van der Waals surface area contributed by atoms with Crippen molar-refractivity contribution in [1.29, 1.82) is 0 Å². The number of hydrogen-bond acceptors (Lipinski definition) is 2. The number of rotatable bonds is 5. The van der Waals surface area contributed by atoms with Gasteiger partial charge in [0.05, 0.1) is 6.61 Å². The van der Waals surface area contributed by atoms with E-state index in [4.69, 9.17) is 0 Å². The summed E-state index contributed by atoms with van der Waals surface area (Å²) in [5, 5.41) is 9.79. The Bertz CT molecular complexity index is 373. The normalized spacial score (nSPS) is 19.6. The Morgan fingerprint density at radius 2 is 1.83 bits per heavy atom. The highest BCUT2D eigenvalue weighted by atomic mass is 16.3. The van der Waals surface area contributed by atoms with Crippen LogP contribution in [0, 0.1) is 5.41 Å². The van der Waals surface area contributed by atoms with E-state index in [-0.39, 0.29) is 5.41 Å². The van der Waals surface area contributed by atoms with E-state index in [1.165, 1.54) is 17.5 Å². The molecule has 0 heterocycles. The largest absolute Gasteiger partial charge is 0.396 e. The minimum Gasteiger partial charge on any atom is -0.396 e. The summed E-state index contributed by atoms with van der Waals surface area (Å²) in [6.07, 6.45) is 4.61. The van der Waals surface area contributed by atoms with Crippen LogP contribution in [0.2, 0.25) is 0 Å². The Kier molecular flexibility index (Phi) is 4.08. The summed E-state index contributed by atoms with van der Waals surface area (Å²) in [6, 6.07) is 9.24. The molecule has 1 unspecified atom stereocenters. The maximum atomic E-state index is 9.79. The van der Waals surface area contributed by atoms with Gasteiger partial charge in [-0.05, 0) is 44.5 Å². The smallest absolute Gasteiger partial charge is 0.0505 e. The predicted molar refractivity (Wildman–Crippen MR) is 75.6 cm³/mol. The molecule has 2 nitrogen and oxygen atoms in total. The van der Waals surface area contributed by atoms with Gasteiger partial charge in [0.25, 0.3) is 0 Å². The second-order valence-corrected chi connectivity index (χ2v) is 5.84. The lowest BCUT2D eigenvalue weighted by molar-refractivity contribution is -0.0308. The van der Waals surface area contributed by atoms with Gasteiger partial charge in [-0.25, -0.2) is 0 Å². The van der Waals surface area contributed by atoms with E-state index in [1.807, 2.05) is 0 Å². The van der Waals surface area contributed by atoms with E-state index in [0.717, 1.165) is 19.3 Å². The first kappa shape index (κ1) is 13.6. The van der Waals surface area contributed by atoms with Gasteiger partial charge in [-0.2, -0.15) is 0 Å². The van der Waals surface area contributed by atoms with Crippen molar-refractivity contribution in [2.75, 3.05) is 20.7 Å². The Hall–Kier alpha value is -0.860. The summed E-state index contributed by atoms with van der Waals surface area (Å²) in [5.41, 5.74) is 2.80. The summed E-state index contributed by atoms with van der Waals surface area (Å²) in [7, 11) is 4.24. The molecule has 2 heteroatoms. The van der Waals surface area contributed by atoms with Crippen molar-refractivity contribution >= 4 is 0 Å². The fourth-order valence-electron chi connectivity index (χ4n) is 3.28. The highest BCUT2D eigenvalue weighted by Gasteiger charge is 2.45. The Labute approximate surface area is 111 Å². The lowest BCUT2D eigenvalue weighted by Gasteiger charge is -2.49. The molecule has 1 saturated carbocycles. The molecule has 1 aliphatic carbocycles. The SMILES string of the molecule is CCc1ccc(C(N(C)C)C2(CO)CCC2)cc1. The average Bonchev–Trinajstić information content (AvgIpc) is 2.33. The average molecular weight is 247 g/mol. The Morgan fingerprint density at radius 3 is 2.17 bits per heavy atom. The molecule has 1 N–H and O–H groups in total. The van der Waals surface area contributed by atoms with Gasteiger partial charge in [0.1, 0.15) is 0 Å². The molecule has 0 amide bonds. The molecule has 0 radical (unpaired) electrons. The Morgan fingerprint density at radius 1 is 1.22 bits per heavy atom. The standard InChI is InChI=1S/C16H25NO/c1-4-13-6-8-14(9-7-13)15(17(2)3)16(12-18)10-5-11-16/h6-9,15,18H,4-5,10-12H2,1-3H3. The molecule has 0 aliphatic heterocycles. The van der Waals surface area contributed by atoms with Crippen molar-refractivity contribution in [1.82, 2.24) is 4.90 Å². The number of aliphatic hydroxyl groups excluding tert-OH is 1. The van der Waals surface area contributed by atoms with Crippen LogP contribution in [-0.4, -0.2) is 30.7 Å². The zero-order valence-corrected chi connectivity index (χ0v) is 11.8. The molecule has 2 rings (SSSR count). The fraction of sp³-hybridized carbons (Fsp3) is 0.625. The minimum absolute atomic E-state index is 0.0806. The lowest BCUT2D eigenvalue weighted by Crippen LogP contribution is -2.45. The Balaban J connectivity index is 2.29. The molecule has 18 heavy (non-hydrogen) atoms. The van der Waals surface area contributed by atoms with E-state index < -0.39 is 0 Å². The quantitative estimate of drug-likeness (QED) is 0.864. The van der Waals surface area contributed by atoms with Gasteiger partial charge < -0.3 is 10.0 Å². The number of hydrogen-bond donors (Lipinski definition) is 1. The fourth-order valence-corrected chi connectivity index (χ4v) is 3.28. The number of benzene rings is 1. The van der Waals surface area contributed by atoms with Gasteiger partial charge in [-0.3, -0.25) is 0 Å². The maximum absolute atomic E-state index is 9.79. The van der Waals surface area contributed by atoms with E-state index >= 15 is 0 Å². The second kappa shape index (κ2) is 5.41. The van der Waals surface area contributed by atoms with Crippen LogP contribution in [0.4, 0.5) is 0 Å². The lowest BCUT2D eigenvalue weighted by atomic mass is 9.62. The molecular weight excluding hydrogens is 222 g/mol. The predicted octanol–water partition coefficient (Wildman–Crippen LogP) is 3.01. The zero-order chi connectivity index (χ0) is 13.2. The second-order valence-electron chi connectivity index (χ2n) is 5.84. The van der Waals surface area contributed by atoms with Crippen LogP contribution in [0.1, 0.15) is 43.4 Å². The van der Waals surface area contributed by atoms with Gasteiger partial charge in [0.2, 0.25) is 0 Å². The number of aryl methyl sites for hydroxylation is 1. The van der Waals surface area contributed by atoms with Gasteiger partial charge in [0, 0.05) is 11.5 Å². The van der Waals surface area contributed by atoms with Crippen LogP contribution >= 0.6 is 0 Å². The molecule has 0 spiro atoms. The van der Waals surface area contributed by atoms with Crippen molar-refractivity contribution < 1.29 is 5.11 Å². The first-order valence-corrected chi connectivity index (χ1v) is 6.99. The third-order valence-electron chi connectivity index (χ3n) is 4.46. The number of nitrogens with zero attached hydrogens (tertiary/aromatic N) is 1. The molecule has 0 saturated heterocycles. The van der Waals surface area contributed by atoms with Crippen molar-refractivity contribution in [3.05, 3.63) is 35.4 Å². The number of aliphatic hydroxyl groups is 1. The highest BCUT2D eigenvalue weighted by Crippen LogP contribution is 2.51. The van der Waals surface area contributed by atoms with Crippen LogP contribution in [0.15, 0.2) is 24.3 Å². The summed E-state index contributed by atoms with van der Waals surface area (Å²) in [6.45, 7) is 2.48. The van der Waals surface area contributed by atoms with Gasteiger partial charge >= 0.3 is 0 Å². The summed E-state index contributed by atoms with van der Waals surface area (Å²) >= 11 is 0. The first-order valence-electron chi connectivity index (χ1n) is 6.99. The van der Waals surface area contributed by atoms with Crippen LogP contribution in [0.3, 0.4) is 0 Å². The maximum Gasteiger partial charge on any atom is 0.0505 e. The minimum atomic E-state index is 0.0806. The third kappa shape index (κ3) is 2.32. The molecule has 1 atom stereocenters. The third-order valence-corrected chi connectivity index (χ3v) is 4.46. The van der Waals surface area contributed by atoms with E-state index in [1.54, 1.807) is 0 Å².